The van der Waals surface area contributed by atoms with Crippen LogP contribution in [0.4, 0.5) is 0 Å². The second-order valence-electron chi connectivity index (χ2n) is 8.32. The zero-order valence-electron chi connectivity index (χ0n) is 17.7. The van der Waals surface area contributed by atoms with Crippen LogP contribution in [0.2, 0.25) is 0 Å². The van der Waals surface area contributed by atoms with E-state index in [0.29, 0.717) is 38.6 Å². The third kappa shape index (κ3) is 4.53. The number of nitrogens with one attached hydrogen (secondary N) is 1. The summed E-state index contributed by atoms with van der Waals surface area (Å²) in [6.45, 7) is 2.92. The molecule has 166 valence electrons. The number of pyridine rings is 1. The maximum atomic E-state index is 12.8. The molecule has 2 aliphatic heterocycles. The quantitative estimate of drug-likeness (QED) is 0.652. The van der Waals surface area contributed by atoms with Crippen LogP contribution in [0.3, 0.4) is 0 Å². The Kier molecular flexibility index (Phi) is 6.17. The first-order valence-electron chi connectivity index (χ1n) is 10.6. The van der Waals surface area contributed by atoms with Crippen molar-refractivity contribution in [1.82, 2.24) is 29.5 Å². The van der Waals surface area contributed by atoms with Crippen molar-refractivity contribution >= 4 is 11.8 Å². The summed E-state index contributed by atoms with van der Waals surface area (Å²) in [5.74, 6) is 0.863. The van der Waals surface area contributed by atoms with Gasteiger partial charge in [0.15, 0.2) is 0 Å². The average Bonchev–Trinajstić information content (AvgIpc) is 3.33. The highest BCUT2D eigenvalue weighted by Gasteiger charge is 2.41. The van der Waals surface area contributed by atoms with E-state index in [9.17, 15) is 14.4 Å². The van der Waals surface area contributed by atoms with Gasteiger partial charge in [-0.2, -0.15) is 0 Å². The summed E-state index contributed by atoms with van der Waals surface area (Å²) < 4.78 is 8.32. The monoisotopic (exact) mass is 428 g/mol. The highest BCUT2D eigenvalue weighted by Crippen LogP contribution is 2.40. The Morgan fingerprint density at radius 2 is 2.03 bits per heavy atom. The zero-order valence-corrected chi connectivity index (χ0v) is 17.7. The van der Waals surface area contributed by atoms with Crippen LogP contribution in [0.15, 0.2) is 29.2 Å². The molecule has 0 aromatic carbocycles. The molecule has 0 bridgehead atoms. The number of rotatable bonds is 6. The molecule has 4 heterocycles. The van der Waals surface area contributed by atoms with E-state index in [1.54, 1.807) is 25.4 Å². The Bertz CT molecular complexity index is 1020. The molecule has 0 saturated carbocycles. The lowest BCUT2D eigenvalue weighted by atomic mass is 9.80. The molecule has 1 saturated heterocycles. The molecule has 1 atom stereocenters. The van der Waals surface area contributed by atoms with Gasteiger partial charge in [0.1, 0.15) is 12.4 Å². The number of fused-ring (bicyclic) bond motifs is 1. The van der Waals surface area contributed by atoms with Gasteiger partial charge in [-0.25, -0.2) is 0 Å². The SMILES string of the molecule is COCCNC(=O)c1nnc2n1CCC1(CC2)CCN(C(=O)Cn2ccccc2=O)C1. The summed E-state index contributed by atoms with van der Waals surface area (Å²) in [7, 11) is 1.59. The molecule has 1 N–H and O–H groups in total. The highest BCUT2D eigenvalue weighted by molar-refractivity contribution is 5.90. The lowest BCUT2D eigenvalue weighted by molar-refractivity contribution is -0.131. The number of likely N-dealkylation sites (tertiary alicyclic amines) is 1. The first-order valence-corrected chi connectivity index (χ1v) is 10.6. The average molecular weight is 428 g/mol. The molecule has 2 aliphatic rings. The molecule has 2 aromatic rings. The minimum absolute atomic E-state index is 0.00179. The number of aryl methyl sites for hydroxylation is 1. The first-order chi connectivity index (χ1) is 15.0. The molecule has 4 rings (SSSR count). The van der Waals surface area contributed by atoms with Crippen LogP contribution in [0.5, 0.6) is 0 Å². The van der Waals surface area contributed by atoms with Gasteiger partial charge in [-0.3, -0.25) is 14.4 Å². The Morgan fingerprint density at radius 3 is 2.84 bits per heavy atom. The number of hydrogen-bond donors (Lipinski definition) is 1. The molecule has 0 aliphatic carbocycles. The molecule has 2 amide bonds. The maximum absolute atomic E-state index is 12.8. The van der Waals surface area contributed by atoms with Crippen molar-refractivity contribution in [1.29, 1.82) is 0 Å². The summed E-state index contributed by atoms with van der Waals surface area (Å²) in [6.07, 6.45) is 5.02. The Morgan fingerprint density at radius 1 is 1.19 bits per heavy atom. The van der Waals surface area contributed by atoms with Crippen molar-refractivity contribution in [3.8, 4) is 0 Å². The lowest BCUT2D eigenvalue weighted by Crippen LogP contribution is -2.36. The predicted octanol–water partition coefficient (Wildman–Crippen LogP) is 0.0712. The number of nitrogens with zero attached hydrogens (tertiary/aromatic N) is 5. The number of carbonyl (C=O) groups excluding carboxylic acids is 2. The summed E-state index contributed by atoms with van der Waals surface area (Å²) in [4.78, 5) is 39.0. The molecule has 31 heavy (non-hydrogen) atoms. The number of ether oxygens (including phenoxy) is 1. The number of carbonyl (C=O) groups is 2. The van der Waals surface area contributed by atoms with Gasteiger partial charge in [0, 0.05) is 52.0 Å². The van der Waals surface area contributed by atoms with Crippen molar-refractivity contribution in [2.75, 3.05) is 33.4 Å². The smallest absolute Gasteiger partial charge is 0.289 e. The van der Waals surface area contributed by atoms with Gasteiger partial charge < -0.3 is 24.1 Å². The number of aromatic nitrogens is 4. The molecule has 2 aromatic heterocycles. The number of hydrogen-bond acceptors (Lipinski definition) is 6. The van der Waals surface area contributed by atoms with E-state index in [1.807, 2.05) is 9.47 Å². The molecule has 10 heteroatoms. The van der Waals surface area contributed by atoms with Crippen LogP contribution < -0.4 is 10.9 Å². The Balaban J connectivity index is 1.39. The largest absolute Gasteiger partial charge is 0.383 e. The first kappa shape index (κ1) is 21.2. The Labute approximate surface area is 180 Å². The number of amides is 2. The van der Waals surface area contributed by atoms with Crippen molar-refractivity contribution < 1.29 is 14.3 Å². The minimum Gasteiger partial charge on any atom is -0.383 e. The molecular formula is C21H28N6O4. The fourth-order valence-electron chi connectivity index (χ4n) is 4.51. The van der Waals surface area contributed by atoms with E-state index < -0.39 is 0 Å². The van der Waals surface area contributed by atoms with E-state index in [-0.39, 0.29) is 29.3 Å². The topological polar surface area (TPSA) is 111 Å². The van der Waals surface area contributed by atoms with Crippen molar-refractivity contribution in [3.05, 3.63) is 46.4 Å². The normalized spacial score (nSPS) is 20.5. The molecule has 10 nitrogen and oxygen atoms in total. The van der Waals surface area contributed by atoms with E-state index in [1.165, 1.54) is 10.6 Å². The van der Waals surface area contributed by atoms with Crippen LogP contribution >= 0.6 is 0 Å². The molecule has 0 radical (unpaired) electrons. The van der Waals surface area contributed by atoms with Crippen LogP contribution in [-0.4, -0.2) is 69.4 Å². The summed E-state index contributed by atoms with van der Waals surface area (Å²) in [6, 6.07) is 4.89. The minimum atomic E-state index is -0.247. The third-order valence-electron chi connectivity index (χ3n) is 6.36. The van der Waals surface area contributed by atoms with Crippen LogP contribution in [0.25, 0.3) is 0 Å². The van der Waals surface area contributed by atoms with E-state index >= 15 is 0 Å². The third-order valence-corrected chi connectivity index (χ3v) is 6.36. The van der Waals surface area contributed by atoms with E-state index in [2.05, 4.69) is 15.5 Å². The van der Waals surface area contributed by atoms with Gasteiger partial charge in [0.2, 0.25) is 11.7 Å². The van der Waals surface area contributed by atoms with Crippen molar-refractivity contribution in [2.45, 2.75) is 38.8 Å². The molecular weight excluding hydrogens is 400 g/mol. The fraction of sp³-hybridized carbons (Fsp3) is 0.571. The second-order valence-corrected chi connectivity index (χ2v) is 8.32. The van der Waals surface area contributed by atoms with Crippen LogP contribution in [0.1, 0.15) is 35.7 Å². The van der Waals surface area contributed by atoms with Gasteiger partial charge in [-0.15, -0.1) is 10.2 Å². The summed E-state index contributed by atoms with van der Waals surface area (Å²) >= 11 is 0. The van der Waals surface area contributed by atoms with Gasteiger partial charge >= 0.3 is 0 Å². The maximum Gasteiger partial charge on any atom is 0.289 e. The zero-order chi connectivity index (χ0) is 21.8. The highest BCUT2D eigenvalue weighted by atomic mass is 16.5. The van der Waals surface area contributed by atoms with E-state index in [4.69, 9.17) is 4.74 Å². The van der Waals surface area contributed by atoms with Gasteiger partial charge in [-0.1, -0.05) is 6.07 Å². The van der Waals surface area contributed by atoms with Crippen molar-refractivity contribution in [3.63, 3.8) is 0 Å². The van der Waals surface area contributed by atoms with Crippen molar-refractivity contribution in [2.24, 2.45) is 5.41 Å². The van der Waals surface area contributed by atoms with Crippen LogP contribution in [-0.2, 0) is 29.0 Å². The fourth-order valence-corrected chi connectivity index (χ4v) is 4.51. The standard InChI is InChI=1S/C21H28N6O4/c1-31-13-9-22-20(30)19-24-23-16-5-6-21(8-12-27(16)19)7-11-26(15-21)18(29)14-25-10-3-2-4-17(25)28/h2-4,10H,5-9,11-15H2,1H3,(H,22,30). The molecule has 1 unspecified atom stereocenters. The van der Waals surface area contributed by atoms with Gasteiger partial charge in [0.25, 0.3) is 11.5 Å². The second kappa shape index (κ2) is 9.01. The number of methoxy groups -OCH3 is 1. The van der Waals surface area contributed by atoms with E-state index in [0.717, 1.165) is 31.5 Å². The van der Waals surface area contributed by atoms with Gasteiger partial charge in [-0.05, 0) is 30.7 Å². The predicted molar refractivity (Wildman–Crippen MR) is 112 cm³/mol. The van der Waals surface area contributed by atoms with Gasteiger partial charge in [0.05, 0.1) is 6.61 Å². The van der Waals surface area contributed by atoms with Crippen LogP contribution in [0, 0.1) is 5.41 Å². The lowest BCUT2D eigenvalue weighted by Gasteiger charge is -2.27. The molecule has 1 fully saturated rings. The summed E-state index contributed by atoms with van der Waals surface area (Å²) in [5.41, 5.74) is -0.171. The summed E-state index contributed by atoms with van der Waals surface area (Å²) in [5, 5.41) is 11.1. The molecule has 1 spiro atoms. The Hall–Kier alpha value is -3.01.